The molecule has 0 bridgehead atoms. The lowest BCUT2D eigenvalue weighted by Crippen LogP contribution is -2.58. The summed E-state index contributed by atoms with van der Waals surface area (Å²) < 4.78 is 37.5. The van der Waals surface area contributed by atoms with Gasteiger partial charge in [-0.15, -0.1) is 0 Å². The number of carbonyl (C=O) groups is 1. The highest BCUT2D eigenvalue weighted by Crippen LogP contribution is 2.31. The number of nitrogens with one attached hydrogen (secondary N) is 1. The Hall–Kier alpha value is -0.820. The number of hydrogen-bond donors (Lipinski definition) is 2. The summed E-state index contributed by atoms with van der Waals surface area (Å²) in [4.78, 5) is 12.5. The lowest BCUT2D eigenvalue weighted by atomic mass is 10.0. The summed E-state index contributed by atoms with van der Waals surface area (Å²) in [5.74, 6) is -1.12. The van der Waals surface area contributed by atoms with E-state index >= 15 is 0 Å². The lowest BCUT2D eigenvalue weighted by molar-refractivity contribution is -0.156. The third-order valence-corrected chi connectivity index (χ3v) is 3.20. The molecule has 19 heavy (non-hydrogen) atoms. The fraction of sp³-hybridized carbons (Fsp3) is 0.917. The molecule has 1 fully saturated rings. The third kappa shape index (κ3) is 5.36. The Labute approximate surface area is 111 Å². The number of alkyl halides is 3. The van der Waals surface area contributed by atoms with Gasteiger partial charge < -0.3 is 10.4 Å². The van der Waals surface area contributed by atoms with Gasteiger partial charge in [-0.1, -0.05) is 6.92 Å². The molecule has 0 heterocycles. The SMILES string of the molecule is CCCNC(C)(CN(CC(F)(F)F)C1CC1)C(=O)O. The van der Waals surface area contributed by atoms with Crippen LogP contribution in [0.2, 0.25) is 0 Å². The van der Waals surface area contributed by atoms with Gasteiger partial charge in [-0.2, -0.15) is 13.2 Å². The summed E-state index contributed by atoms with van der Waals surface area (Å²) in [5, 5.41) is 12.1. The summed E-state index contributed by atoms with van der Waals surface area (Å²) in [7, 11) is 0. The zero-order valence-electron chi connectivity index (χ0n) is 11.3. The van der Waals surface area contributed by atoms with Crippen molar-refractivity contribution >= 4 is 5.97 Å². The van der Waals surface area contributed by atoms with Crippen molar-refractivity contribution in [3.8, 4) is 0 Å². The normalized spacial score (nSPS) is 19.5. The smallest absolute Gasteiger partial charge is 0.401 e. The van der Waals surface area contributed by atoms with Crippen molar-refractivity contribution in [1.82, 2.24) is 10.2 Å². The maximum atomic E-state index is 12.5. The first-order valence-electron chi connectivity index (χ1n) is 6.47. The average Bonchev–Trinajstić information content (AvgIpc) is 3.07. The minimum absolute atomic E-state index is 0.132. The second-order valence-corrected chi connectivity index (χ2v) is 5.32. The molecular formula is C12H21F3N2O2. The Morgan fingerprint density at radius 2 is 1.95 bits per heavy atom. The van der Waals surface area contributed by atoms with Crippen LogP contribution in [0.5, 0.6) is 0 Å². The molecule has 0 aliphatic heterocycles. The largest absolute Gasteiger partial charge is 0.480 e. The fourth-order valence-corrected chi connectivity index (χ4v) is 1.99. The first kappa shape index (κ1) is 16.2. The van der Waals surface area contributed by atoms with Crippen molar-refractivity contribution in [2.75, 3.05) is 19.6 Å². The molecule has 112 valence electrons. The van der Waals surface area contributed by atoms with Crippen molar-refractivity contribution in [3.05, 3.63) is 0 Å². The van der Waals surface area contributed by atoms with Crippen LogP contribution in [-0.2, 0) is 4.79 Å². The van der Waals surface area contributed by atoms with Gasteiger partial charge >= 0.3 is 12.1 Å². The minimum atomic E-state index is -4.30. The van der Waals surface area contributed by atoms with Gasteiger partial charge in [0.1, 0.15) is 5.54 Å². The highest BCUT2D eigenvalue weighted by atomic mass is 19.4. The summed E-state index contributed by atoms with van der Waals surface area (Å²) in [6.45, 7) is 2.61. The van der Waals surface area contributed by atoms with Crippen molar-refractivity contribution in [1.29, 1.82) is 0 Å². The Morgan fingerprint density at radius 1 is 1.37 bits per heavy atom. The molecule has 0 saturated heterocycles. The molecule has 0 aromatic carbocycles. The maximum Gasteiger partial charge on any atom is 0.401 e. The van der Waals surface area contributed by atoms with Gasteiger partial charge in [-0.3, -0.25) is 9.69 Å². The molecule has 7 heteroatoms. The van der Waals surface area contributed by atoms with E-state index in [0.29, 0.717) is 19.4 Å². The van der Waals surface area contributed by atoms with Crippen LogP contribution in [0.1, 0.15) is 33.1 Å². The number of carboxylic acids is 1. The fourth-order valence-electron chi connectivity index (χ4n) is 1.99. The van der Waals surface area contributed by atoms with E-state index in [9.17, 15) is 23.1 Å². The Morgan fingerprint density at radius 3 is 2.32 bits per heavy atom. The second-order valence-electron chi connectivity index (χ2n) is 5.32. The Balaban J connectivity index is 2.70. The van der Waals surface area contributed by atoms with Crippen LogP contribution in [0.25, 0.3) is 0 Å². The Kier molecular flexibility index (Phi) is 5.20. The average molecular weight is 282 g/mol. The first-order chi connectivity index (χ1) is 8.68. The number of hydrogen-bond acceptors (Lipinski definition) is 3. The molecule has 1 saturated carbocycles. The van der Waals surface area contributed by atoms with E-state index in [2.05, 4.69) is 5.32 Å². The molecule has 1 aliphatic carbocycles. The van der Waals surface area contributed by atoms with Gasteiger partial charge in [-0.25, -0.2) is 0 Å². The van der Waals surface area contributed by atoms with Crippen LogP contribution in [-0.4, -0.2) is 53.4 Å². The topological polar surface area (TPSA) is 52.6 Å². The molecule has 0 aromatic rings. The van der Waals surface area contributed by atoms with Crippen molar-refractivity contribution in [2.45, 2.75) is 50.9 Å². The number of nitrogens with zero attached hydrogens (tertiary/aromatic N) is 1. The molecule has 0 aromatic heterocycles. The standard InChI is InChI=1S/C12H21F3N2O2/c1-3-6-16-11(2,10(18)19)7-17(9-4-5-9)8-12(13,14)15/h9,16H,3-8H2,1-2H3,(H,18,19). The molecule has 4 nitrogen and oxygen atoms in total. The van der Waals surface area contributed by atoms with Crippen LogP contribution in [0.3, 0.4) is 0 Å². The highest BCUT2D eigenvalue weighted by Gasteiger charge is 2.43. The quantitative estimate of drug-likeness (QED) is 0.713. The van der Waals surface area contributed by atoms with Gasteiger partial charge in [0, 0.05) is 12.6 Å². The summed E-state index contributed by atoms with van der Waals surface area (Å²) in [6.07, 6.45) is -2.16. The molecule has 0 spiro atoms. The van der Waals surface area contributed by atoms with E-state index in [1.165, 1.54) is 11.8 Å². The second kappa shape index (κ2) is 6.09. The summed E-state index contributed by atoms with van der Waals surface area (Å²) in [6, 6.07) is -0.135. The molecule has 0 radical (unpaired) electrons. The predicted octanol–water partition coefficient (Wildman–Crippen LogP) is 1.86. The van der Waals surface area contributed by atoms with E-state index in [1.54, 1.807) is 0 Å². The summed E-state index contributed by atoms with van der Waals surface area (Å²) in [5.41, 5.74) is -1.34. The van der Waals surface area contributed by atoms with E-state index in [1.807, 2.05) is 6.92 Å². The first-order valence-corrected chi connectivity index (χ1v) is 6.47. The van der Waals surface area contributed by atoms with Crippen molar-refractivity contribution < 1.29 is 23.1 Å². The van der Waals surface area contributed by atoms with Crippen molar-refractivity contribution in [2.24, 2.45) is 0 Å². The predicted molar refractivity (Wildman–Crippen MR) is 65.0 cm³/mol. The number of aliphatic carboxylic acids is 1. The zero-order valence-corrected chi connectivity index (χ0v) is 11.3. The number of halogens is 3. The number of carboxylic acid groups (broad SMARTS) is 1. The van der Waals surface area contributed by atoms with Gasteiger partial charge in [0.15, 0.2) is 0 Å². The van der Waals surface area contributed by atoms with E-state index in [-0.39, 0.29) is 12.6 Å². The van der Waals surface area contributed by atoms with Gasteiger partial charge in [-0.05, 0) is 32.7 Å². The van der Waals surface area contributed by atoms with Gasteiger partial charge in [0.05, 0.1) is 6.54 Å². The molecule has 1 unspecified atom stereocenters. The number of rotatable bonds is 8. The highest BCUT2D eigenvalue weighted by molar-refractivity contribution is 5.78. The minimum Gasteiger partial charge on any atom is -0.480 e. The van der Waals surface area contributed by atoms with Crippen molar-refractivity contribution in [3.63, 3.8) is 0 Å². The van der Waals surface area contributed by atoms with E-state index in [0.717, 1.165) is 6.42 Å². The lowest BCUT2D eigenvalue weighted by Gasteiger charge is -2.33. The summed E-state index contributed by atoms with van der Waals surface area (Å²) >= 11 is 0. The molecular weight excluding hydrogens is 261 g/mol. The molecule has 1 rings (SSSR count). The van der Waals surface area contributed by atoms with Gasteiger partial charge in [0.2, 0.25) is 0 Å². The molecule has 0 amide bonds. The van der Waals surface area contributed by atoms with Crippen LogP contribution in [0.4, 0.5) is 13.2 Å². The van der Waals surface area contributed by atoms with E-state index in [4.69, 9.17) is 0 Å². The maximum absolute atomic E-state index is 12.5. The van der Waals surface area contributed by atoms with Crippen LogP contribution in [0.15, 0.2) is 0 Å². The van der Waals surface area contributed by atoms with Crippen LogP contribution in [0, 0.1) is 0 Å². The van der Waals surface area contributed by atoms with Crippen LogP contribution >= 0.6 is 0 Å². The van der Waals surface area contributed by atoms with Gasteiger partial charge in [0.25, 0.3) is 0 Å². The monoisotopic (exact) mass is 282 g/mol. The molecule has 1 aliphatic rings. The van der Waals surface area contributed by atoms with E-state index < -0.39 is 24.2 Å². The molecule has 2 N–H and O–H groups in total. The zero-order chi connectivity index (χ0) is 14.7. The molecule has 1 atom stereocenters. The Bertz CT molecular complexity index is 319. The third-order valence-electron chi connectivity index (χ3n) is 3.20. The van der Waals surface area contributed by atoms with Crippen LogP contribution < -0.4 is 5.32 Å².